The predicted octanol–water partition coefficient (Wildman–Crippen LogP) is 0.984. The number of carbonyl (C=O) groups is 3. The molecule has 1 saturated heterocycles. The van der Waals surface area contributed by atoms with Crippen molar-refractivity contribution in [3.05, 3.63) is 45.0 Å². The molecular weight excluding hydrogens is 476 g/mol. The second kappa shape index (κ2) is 9.10. The predicted molar refractivity (Wildman–Crippen MR) is 121 cm³/mol. The van der Waals surface area contributed by atoms with E-state index in [9.17, 15) is 19.5 Å². The highest BCUT2D eigenvalue weighted by Gasteiger charge is 2.54. The molecule has 2 aliphatic heterocycles. The van der Waals surface area contributed by atoms with Crippen LogP contribution in [0.4, 0.5) is 5.13 Å². The Balaban J connectivity index is 1.53. The number of fused-ring (bicyclic) bond motifs is 1. The Morgan fingerprint density at radius 1 is 1.41 bits per heavy atom. The largest absolute Gasteiger partial charge is 0.477 e. The van der Waals surface area contributed by atoms with Crippen LogP contribution < -0.4 is 11.1 Å². The minimum Gasteiger partial charge on any atom is -0.477 e. The lowest BCUT2D eigenvalue weighted by Crippen LogP contribution is -2.71. The van der Waals surface area contributed by atoms with Gasteiger partial charge in [0.2, 0.25) is 0 Å². The summed E-state index contributed by atoms with van der Waals surface area (Å²) in [6, 6.07) is -0.910. The van der Waals surface area contributed by atoms with Gasteiger partial charge in [0.15, 0.2) is 10.8 Å². The van der Waals surface area contributed by atoms with Gasteiger partial charge in [-0.1, -0.05) is 11.2 Å². The van der Waals surface area contributed by atoms with Gasteiger partial charge in [0.25, 0.3) is 11.8 Å². The van der Waals surface area contributed by atoms with Gasteiger partial charge in [0.05, 0.1) is 5.51 Å². The number of anilines is 1. The Hall–Kier alpha value is -3.23. The lowest BCUT2D eigenvalue weighted by Gasteiger charge is -2.49. The van der Waals surface area contributed by atoms with Crippen molar-refractivity contribution in [3.8, 4) is 0 Å². The van der Waals surface area contributed by atoms with Gasteiger partial charge in [-0.3, -0.25) is 19.5 Å². The number of thiazole rings is 2. The molecule has 0 spiro atoms. The number of nitrogens with zero attached hydrogens (tertiary/aromatic N) is 4. The molecule has 2 aromatic rings. The summed E-state index contributed by atoms with van der Waals surface area (Å²) in [4.78, 5) is 52.3. The zero-order chi connectivity index (χ0) is 22.8. The first kappa shape index (κ1) is 22.0. The van der Waals surface area contributed by atoms with Crippen molar-refractivity contribution in [2.45, 2.75) is 11.4 Å². The van der Waals surface area contributed by atoms with Crippen LogP contribution in [0.2, 0.25) is 0 Å². The molecule has 0 aliphatic carbocycles. The number of allylic oxidation sites excluding steroid dienone is 1. The number of nitrogen functional groups attached to an aromatic ring is 1. The molecule has 1 fully saturated rings. The lowest BCUT2D eigenvalue weighted by molar-refractivity contribution is -0.150. The van der Waals surface area contributed by atoms with Crippen LogP contribution in [0.3, 0.4) is 0 Å². The molecule has 32 heavy (non-hydrogen) atoms. The third-order valence-electron chi connectivity index (χ3n) is 4.55. The number of aromatic nitrogens is 2. The fourth-order valence-corrected chi connectivity index (χ4v) is 5.54. The summed E-state index contributed by atoms with van der Waals surface area (Å²) in [5, 5.41) is 17.3. The Bertz CT molecular complexity index is 1160. The maximum atomic E-state index is 12.8. The molecule has 2 atom stereocenters. The van der Waals surface area contributed by atoms with Crippen molar-refractivity contribution in [2.75, 3.05) is 18.6 Å². The number of rotatable bonds is 7. The molecule has 11 nitrogen and oxygen atoms in total. The Morgan fingerprint density at radius 2 is 2.22 bits per heavy atom. The first-order chi connectivity index (χ1) is 15.4. The molecule has 4 heterocycles. The Labute approximate surface area is 193 Å². The minimum atomic E-state index is -1.21. The fraction of sp³-hybridized carbons (Fsp3) is 0.222. The van der Waals surface area contributed by atoms with Crippen molar-refractivity contribution in [1.82, 2.24) is 20.2 Å². The monoisotopic (exact) mass is 492 g/mol. The van der Waals surface area contributed by atoms with E-state index in [1.165, 1.54) is 35.1 Å². The van der Waals surface area contributed by atoms with Gasteiger partial charge in [-0.05, 0) is 11.6 Å². The fourth-order valence-electron chi connectivity index (χ4n) is 3.16. The molecular formula is C18H16N6O5S3. The molecule has 0 aromatic carbocycles. The zero-order valence-electron chi connectivity index (χ0n) is 16.4. The second-order valence-electron chi connectivity index (χ2n) is 6.47. The van der Waals surface area contributed by atoms with Crippen LogP contribution in [0.5, 0.6) is 0 Å². The van der Waals surface area contributed by atoms with Crippen molar-refractivity contribution < 1.29 is 24.3 Å². The summed E-state index contributed by atoms with van der Waals surface area (Å²) in [5.74, 6) is -2.05. The molecule has 0 radical (unpaired) electrons. The number of hydrogen-bond donors (Lipinski definition) is 3. The highest BCUT2D eigenvalue weighted by Crippen LogP contribution is 2.40. The van der Waals surface area contributed by atoms with Crippen LogP contribution in [0.15, 0.2) is 39.6 Å². The molecule has 0 saturated carbocycles. The summed E-state index contributed by atoms with van der Waals surface area (Å²) < 4.78 is 0. The van der Waals surface area contributed by atoms with E-state index < -0.39 is 29.2 Å². The lowest BCUT2D eigenvalue weighted by atomic mass is 10.0. The summed E-state index contributed by atoms with van der Waals surface area (Å²) in [6.07, 6.45) is 5.10. The minimum absolute atomic E-state index is 0.0944. The Kier molecular flexibility index (Phi) is 6.25. The number of oxime groups is 1. The standard InChI is InChI=1S/C18H16N6O5S3/c1-29-23-11(10-6-31-18(19)21-10)14(25)22-12-15(26)24-13(17(27)28)8(5-30-16(12)24)2-3-9-4-20-7-32-9/h2-4,6-7,12,16H,5H2,1H3,(H2,19,21)(H,22,25)(H,27,28)/b3-2+,23-11+/t12?,16-/m1/s1. The molecule has 0 bridgehead atoms. The molecule has 166 valence electrons. The highest BCUT2D eigenvalue weighted by atomic mass is 32.2. The van der Waals surface area contributed by atoms with E-state index in [2.05, 4.69) is 20.4 Å². The van der Waals surface area contributed by atoms with Gasteiger partial charge in [0.1, 0.15) is 29.9 Å². The molecule has 2 aliphatic rings. The van der Waals surface area contributed by atoms with Gasteiger partial charge in [-0.15, -0.1) is 34.4 Å². The number of carboxylic acid groups (broad SMARTS) is 1. The number of thioether (sulfide) groups is 1. The van der Waals surface area contributed by atoms with E-state index in [-0.39, 0.29) is 22.2 Å². The maximum absolute atomic E-state index is 12.8. The number of hydrogen-bond acceptors (Lipinski definition) is 11. The molecule has 14 heteroatoms. The van der Waals surface area contributed by atoms with Gasteiger partial charge >= 0.3 is 5.97 Å². The zero-order valence-corrected chi connectivity index (χ0v) is 18.9. The van der Waals surface area contributed by atoms with Crippen LogP contribution in [-0.4, -0.2) is 67.7 Å². The molecule has 2 aromatic heterocycles. The third-order valence-corrected chi connectivity index (χ3v) is 7.27. The van der Waals surface area contributed by atoms with Crippen molar-refractivity contribution >= 4 is 69.1 Å². The number of nitrogens with two attached hydrogens (primary N) is 1. The van der Waals surface area contributed by atoms with E-state index in [0.29, 0.717) is 11.3 Å². The first-order valence-electron chi connectivity index (χ1n) is 9.01. The van der Waals surface area contributed by atoms with Gasteiger partial charge < -0.3 is 21.0 Å². The Morgan fingerprint density at radius 3 is 2.84 bits per heavy atom. The molecule has 4 rings (SSSR count). The number of nitrogens with one attached hydrogen (secondary N) is 1. The summed E-state index contributed by atoms with van der Waals surface area (Å²) >= 11 is 3.90. The van der Waals surface area contributed by atoms with Crippen LogP contribution in [0.25, 0.3) is 6.08 Å². The summed E-state index contributed by atoms with van der Waals surface area (Å²) in [7, 11) is 1.28. The SMILES string of the molecule is CO/N=C(/C(=O)NC1C(=O)N2C(C(=O)O)=C(/C=C/c3cncs3)CS[C@H]12)c1csc(N)n1. The first-order valence-corrected chi connectivity index (χ1v) is 11.8. The number of carbonyl (C=O) groups excluding carboxylic acids is 2. The quantitative estimate of drug-likeness (QED) is 0.291. The van der Waals surface area contributed by atoms with E-state index in [4.69, 9.17) is 10.6 Å². The van der Waals surface area contributed by atoms with Crippen molar-refractivity contribution in [3.63, 3.8) is 0 Å². The average molecular weight is 493 g/mol. The number of carboxylic acids is 1. The maximum Gasteiger partial charge on any atom is 0.352 e. The highest BCUT2D eigenvalue weighted by molar-refractivity contribution is 8.00. The van der Waals surface area contributed by atoms with Crippen LogP contribution in [0.1, 0.15) is 10.6 Å². The smallest absolute Gasteiger partial charge is 0.352 e. The average Bonchev–Trinajstić information content (AvgIpc) is 3.45. The summed E-state index contributed by atoms with van der Waals surface area (Å²) in [6.45, 7) is 0. The van der Waals surface area contributed by atoms with Crippen LogP contribution in [0, 0.1) is 0 Å². The van der Waals surface area contributed by atoms with E-state index >= 15 is 0 Å². The van der Waals surface area contributed by atoms with Gasteiger partial charge in [0, 0.05) is 22.2 Å². The van der Waals surface area contributed by atoms with E-state index in [1.54, 1.807) is 29.2 Å². The van der Waals surface area contributed by atoms with Crippen LogP contribution >= 0.6 is 34.4 Å². The molecule has 2 amide bonds. The van der Waals surface area contributed by atoms with Crippen molar-refractivity contribution in [2.24, 2.45) is 5.16 Å². The molecule has 4 N–H and O–H groups in total. The van der Waals surface area contributed by atoms with Gasteiger partial charge in [-0.25, -0.2) is 9.78 Å². The van der Waals surface area contributed by atoms with Gasteiger partial charge in [-0.2, -0.15) is 0 Å². The summed E-state index contributed by atoms with van der Waals surface area (Å²) in [5.41, 5.74) is 7.79. The van der Waals surface area contributed by atoms with Crippen LogP contribution in [-0.2, 0) is 19.2 Å². The topological polar surface area (TPSA) is 160 Å². The van der Waals surface area contributed by atoms with E-state index in [0.717, 1.165) is 16.2 Å². The number of β-lactam (4-membered cyclic amide) rings is 1. The third kappa shape index (κ3) is 4.11. The van der Waals surface area contributed by atoms with E-state index in [1.807, 2.05) is 0 Å². The normalized spacial score (nSPS) is 20.8. The van der Waals surface area contributed by atoms with Crippen molar-refractivity contribution in [1.29, 1.82) is 0 Å². The number of amides is 2. The number of aliphatic carboxylic acids is 1. The molecule has 1 unspecified atom stereocenters. The second-order valence-corrected chi connectivity index (χ2v) is 9.38.